The van der Waals surface area contributed by atoms with Crippen molar-refractivity contribution in [3.05, 3.63) is 34.6 Å². The fraction of sp³-hybridized carbons (Fsp3) is 0.471. The van der Waals surface area contributed by atoms with Crippen molar-refractivity contribution in [1.82, 2.24) is 14.8 Å². The lowest BCUT2D eigenvalue weighted by molar-refractivity contribution is -0.113. The highest BCUT2D eigenvalue weighted by Crippen LogP contribution is 2.21. The lowest BCUT2D eigenvalue weighted by Gasteiger charge is -2.08. The van der Waals surface area contributed by atoms with Gasteiger partial charge in [-0.05, 0) is 38.0 Å². The molecule has 130 valence electrons. The van der Waals surface area contributed by atoms with E-state index in [1.54, 1.807) is 6.07 Å². The molecule has 0 aliphatic rings. The number of hydrogen-bond acceptors (Lipinski definition) is 4. The second kappa shape index (κ2) is 9.08. The van der Waals surface area contributed by atoms with Crippen LogP contribution >= 0.6 is 23.4 Å². The number of anilines is 1. The predicted molar refractivity (Wildman–Crippen MR) is 99.9 cm³/mol. The van der Waals surface area contributed by atoms with E-state index in [4.69, 9.17) is 11.6 Å². The van der Waals surface area contributed by atoms with E-state index in [2.05, 4.69) is 33.9 Å². The van der Waals surface area contributed by atoms with Gasteiger partial charge < -0.3 is 9.88 Å². The van der Waals surface area contributed by atoms with Crippen molar-refractivity contribution in [2.75, 3.05) is 11.1 Å². The van der Waals surface area contributed by atoms with Crippen molar-refractivity contribution in [1.29, 1.82) is 0 Å². The largest absolute Gasteiger partial charge is 0.325 e. The van der Waals surface area contributed by atoms with Crippen LogP contribution in [0.25, 0.3) is 0 Å². The summed E-state index contributed by atoms with van der Waals surface area (Å²) in [6.07, 6.45) is 3.14. The van der Waals surface area contributed by atoms with Gasteiger partial charge in [-0.2, -0.15) is 0 Å². The Morgan fingerprint density at radius 1 is 1.33 bits per heavy atom. The number of thioether (sulfide) groups is 1. The highest BCUT2D eigenvalue weighted by atomic mass is 35.5. The summed E-state index contributed by atoms with van der Waals surface area (Å²) >= 11 is 7.48. The number of nitrogens with one attached hydrogen (secondary N) is 1. The Bertz CT molecular complexity index is 702. The number of aromatic nitrogens is 3. The number of nitrogens with zero attached hydrogens (tertiary/aromatic N) is 3. The first kappa shape index (κ1) is 18.8. The van der Waals surface area contributed by atoms with Crippen LogP contribution in [0, 0.1) is 6.92 Å². The van der Waals surface area contributed by atoms with Crippen LogP contribution in [0.3, 0.4) is 0 Å². The van der Waals surface area contributed by atoms with Crippen LogP contribution in [0.15, 0.2) is 23.4 Å². The van der Waals surface area contributed by atoms with Gasteiger partial charge in [0.1, 0.15) is 5.82 Å². The first-order valence-electron chi connectivity index (χ1n) is 8.16. The van der Waals surface area contributed by atoms with Crippen LogP contribution in [-0.2, 0) is 17.8 Å². The molecule has 0 aliphatic heterocycles. The predicted octanol–water partition coefficient (Wildman–Crippen LogP) is 4.33. The number of carbonyl (C=O) groups excluding carboxylic acids is 1. The number of hydrogen-bond donors (Lipinski definition) is 1. The lowest BCUT2D eigenvalue weighted by atomic mass is 10.2. The molecule has 1 N–H and O–H groups in total. The van der Waals surface area contributed by atoms with E-state index < -0.39 is 0 Å². The topological polar surface area (TPSA) is 59.8 Å². The molecule has 1 aromatic heterocycles. The van der Waals surface area contributed by atoms with E-state index in [-0.39, 0.29) is 11.7 Å². The van der Waals surface area contributed by atoms with Crippen molar-refractivity contribution in [3.8, 4) is 0 Å². The van der Waals surface area contributed by atoms with E-state index >= 15 is 0 Å². The maximum absolute atomic E-state index is 12.1. The highest BCUT2D eigenvalue weighted by Gasteiger charge is 2.13. The Hall–Kier alpha value is -1.53. The molecule has 0 radical (unpaired) electrons. The second-order valence-corrected chi connectivity index (χ2v) is 6.90. The molecule has 5 nitrogen and oxygen atoms in total. The molecule has 1 heterocycles. The summed E-state index contributed by atoms with van der Waals surface area (Å²) < 4.78 is 2.08. The maximum Gasteiger partial charge on any atom is 0.234 e. The number of rotatable bonds is 8. The second-order valence-electron chi connectivity index (χ2n) is 5.55. The van der Waals surface area contributed by atoms with Gasteiger partial charge in [0, 0.05) is 23.7 Å². The molecule has 0 atom stereocenters. The summed E-state index contributed by atoms with van der Waals surface area (Å²) in [4.78, 5) is 12.1. The van der Waals surface area contributed by atoms with Gasteiger partial charge >= 0.3 is 0 Å². The summed E-state index contributed by atoms with van der Waals surface area (Å²) in [6, 6.07) is 5.50. The summed E-state index contributed by atoms with van der Waals surface area (Å²) in [5.41, 5.74) is 1.69. The van der Waals surface area contributed by atoms with Crippen molar-refractivity contribution < 1.29 is 4.79 Å². The van der Waals surface area contributed by atoms with Gasteiger partial charge in [0.2, 0.25) is 5.91 Å². The van der Waals surface area contributed by atoms with Crippen LogP contribution in [0.4, 0.5) is 5.69 Å². The third kappa shape index (κ3) is 4.98. The average Bonchev–Trinajstić information content (AvgIpc) is 2.96. The number of unbranched alkanes of at least 4 members (excludes halogenated alkanes) is 1. The number of carbonyl (C=O) groups is 1. The smallest absolute Gasteiger partial charge is 0.234 e. The van der Waals surface area contributed by atoms with Gasteiger partial charge in [0.05, 0.1) is 5.75 Å². The molecule has 0 unspecified atom stereocenters. The maximum atomic E-state index is 12.1. The minimum atomic E-state index is -0.0827. The van der Waals surface area contributed by atoms with Gasteiger partial charge in [-0.25, -0.2) is 0 Å². The first-order valence-corrected chi connectivity index (χ1v) is 9.52. The SMILES string of the molecule is CCCCc1nnc(SCC(=O)Nc2ccc(C)c(Cl)c2)n1CC. The minimum absolute atomic E-state index is 0.0827. The van der Waals surface area contributed by atoms with Crippen molar-refractivity contribution in [2.45, 2.75) is 51.7 Å². The Labute approximate surface area is 152 Å². The van der Waals surface area contributed by atoms with Crippen molar-refractivity contribution in [2.24, 2.45) is 0 Å². The Balaban J connectivity index is 1.93. The van der Waals surface area contributed by atoms with Crippen LogP contribution in [0.2, 0.25) is 5.02 Å². The molecule has 1 amide bonds. The summed E-state index contributed by atoms with van der Waals surface area (Å²) in [6.45, 7) is 6.96. The third-order valence-corrected chi connectivity index (χ3v) is 5.03. The molecule has 1 aromatic carbocycles. The van der Waals surface area contributed by atoms with Gasteiger partial charge in [-0.3, -0.25) is 4.79 Å². The zero-order valence-electron chi connectivity index (χ0n) is 14.3. The van der Waals surface area contributed by atoms with Crippen molar-refractivity contribution >= 4 is 35.0 Å². The van der Waals surface area contributed by atoms with E-state index in [0.717, 1.165) is 42.4 Å². The Kier molecular flexibility index (Phi) is 7.12. The van der Waals surface area contributed by atoms with Gasteiger partial charge in [0.15, 0.2) is 5.16 Å². The first-order chi connectivity index (χ1) is 11.5. The zero-order chi connectivity index (χ0) is 17.5. The van der Waals surface area contributed by atoms with Gasteiger partial charge in [-0.1, -0.05) is 42.8 Å². The molecule has 0 saturated carbocycles. The van der Waals surface area contributed by atoms with Crippen LogP contribution in [-0.4, -0.2) is 26.4 Å². The summed E-state index contributed by atoms with van der Waals surface area (Å²) in [5, 5.41) is 12.8. The summed E-state index contributed by atoms with van der Waals surface area (Å²) in [5.74, 6) is 1.20. The quantitative estimate of drug-likeness (QED) is 0.706. The van der Waals surface area contributed by atoms with Gasteiger partial charge in [0.25, 0.3) is 0 Å². The molecule has 2 aromatic rings. The molecule has 0 saturated heterocycles. The molecular weight excluding hydrogens is 344 g/mol. The fourth-order valence-electron chi connectivity index (χ4n) is 2.26. The molecule has 24 heavy (non-hydrogen) atoms. The molecule has 2 rings (SSSR count). The normalized spacial score (nSPS) is 10.8. The number of benzene rings is 1. The standard InChI is InChI=1S/C17H23ClN4OS/c1-4-6-7-15-20-21-17(22(15)5-2)24-11-16(23)19-13-9-8-12(3)14(18)10-13/h8-10H,4-7,11H2,1-3H3,(H,19,23). The molecule has 0 spiro atoms. The molecule has 7 heteroatoms. The zero-order valence-corrected chi connectivity index (χ0v) is 15.9. The average molecular weight is 367 g/mol. The minimum Gasteiger partial charge on any atom is -0.325 e. The molecule has 0 aliphatic carbocycles. The van der Waals surface area contributed by atoms with Crippen LogP contribution in [0.5, 0.6) is 0 Å². The lowest BCUT2D eigenvalue weighted by Crippen LogP contribution is -2.14. The Morgan fingerprint density at radius 2 is 2.12 bits per heavy atom. The van der Waals surface area contributed by atoms with E-state index in [1.165, 1.54) is 11.8 Å². The van der Waals surface area contributed by atoms with E-state index in [0.29, 0.717) is 10.7 Å². The fourth-order valence-corrected chi connectivity index (χ4v) is 3.26. The molecule has 0 fully saturated rings. The van der Waals surface area contributed by atoms with E-state index in [1.807, 2.05) is 19.1 Å². The number of halogens is 1. The van der Waals surface area contributed by atoms with Gasteiger partial charge in [-0.15, -0.1) is 10.2 Å². The van der Waals surface area contributed by atoms with Crippen LogP contribution < -0.4 is 5.32 Å². The van der Waals surface area contributed by atoms with Crippen LogP contribution in [0.1, 0.15) is 38.1 Å². The number of aryl methyl sites for hydroxylation is 2. The highest BCUT2D eigenvalue weighted by molar-refractivity contribution is 7.99. The molecular formula is C17H23ClN4OS. The Morgan fingerprint density at radius 3 is 2.79 bits per heavy atom. The van der Waals surface area contributed by atoms with Crippen molar-refractivity contribution in [3.63, 3.8) is 0 Å². The molecule has 0 bridgehead atoms. The monoisotopic (exact) mass is 366 g/mol. The third-order valence-electron chi connectivity index (χ3n) is 3.65. The summed E-state index contributed by atoms with van der Waals surface area (Å²) in [7, 11) is 0. The number of amides is 1. The van der Waals surface area contributed by atoms with E-state index in [9.17, 15) is 4.79 Å².